The van der Waals surface area contributed by atoms with Gasteiger partial charge in [0.15, 0.2) is 11.4 Å². The molecule has 0 saturated carbocycles. The second kappa shape index (κ2) is 5.16. The SMILES string of the molecule is O=C(O)c1nccnc1C(=O)NC1CN2CCC1CC2. The molecule has 3 aliphatic heterocycles. The number of carbonyl (C=O) groups excluding carboxylic acids is 1. The Kier molecular flexibility index (Phi) is 3.35. The van der Waals surface area contributed by atoms with E-state index in [2.05, 4.69) is 20.2 Å². The van der Waals surface area contributed by atoms with Crippen LogP contribution < -0.4 is 5.32 Å². The Morgan fingerprint density at radius 3 is 2.40 bits per heavy atom. The van der Waals surface area contributed by atoms with Gasteiger partial charge in [-0.2, -0.15) is 0 Å². The summed E-state index contributed by atoms with van der Waals surface area (Å²) >= 11 is 0. The van der Waals surface area contributed by atoms with Crippen LogP contribution in [-0.4, -0.2) is 57.5 Å². The van der Waals surface area contributed by atoms with E-state index in [-0.39, 0.29) is 17.4 Å². The highest BCUT2D eigenvalue weighted by Gasteiger charge is 2.35. The molecule has 4 rings (SSSR count). The number of amides is 1. The lowest BCUT2D eigenvalue weighted by molar-refractivity contribution is 0.0606. The fraction of sp³-hybridized carbons (Fsp3) is 0.538. The first-order valence-electron chi connectivity index (χ1n) is 6.72. The number of piperidine rings is 3. The third-order valence-corrected chi connectivity index (χ3v) is 4.09. The van der Waals surface area contributed by atoms with E-state index in [1.165, 1.54) is 12.4 Å². The summed E-state index contributed by atoms with van der Waals surface area (Å²) in [5.74, 6) is -1.21. The lowest BCUT2D eigenvalue weighted by Crippen LogP contribution is -2.57. The summed E-state index contributed by atoms with van der Waals surface area (Å²) in [7, 11) is 0. The molecule has 7 nitrogen and oxygen atoms in total. The highest BCUT2D eigenvalue weighted by atomic mass is 16.4. The van der Waals surface area contributed by atoms with E-state index in [0.29, 0.717) is 5.92 Å². The highest BCUT2D eigenvalue weighted by molar-refractivity contribution is 6.02. The first-order valence-corrected chi connectivity index (χ1v) is 6.72. The number of carboxylic acids is 1. The third-order valence-electron chi connectivity index (χ3n) is 4.09. The lowest BCUT2D eigenvalue weighted by atomic mass is 9.84. The largest absolute Gasteiger partial charge is 0.476 e. The molecular formula is C13H16N4O3. The minimum absolute atomic E-state index is 0.0775. The van der Waals surface area contributed by atoms with Gasteiger partial charge in [-0.1, -0.05) is 0 Å². The molecule has 1 atom stereocenters. The molecule has 3 aliphatic rings. The molecular weight excluding hydrogens is 260 g/mol. The van der Waals surface area contributed by atoms with Crippen LogP contribution >= 0.6 is 0 Å². The van der Waals surface area contributed by atoms with Crippen molar-refractivity contribution in [3.8, 4) is 0 Å². The number of carboxylic acid groups (broad SMARTS) is 1. The van der Waals surface area contributed by atoms with Gasteiger partial charge in [-0.3, -0.25) is 4.79 Å². The van der Waals surface area contributed by atoms with Crippen molar-refractivity contribution in [2.45, 2.75) is 18.9 Å². The average Bonchev–Trinajstić information content (AvgIpc) is 2.48. The average molecular weight is 276 g/mol. The van der Waals surface area contributed by atoms with Crippen molar-refractivity contribution >= 4 is 11.9 Å². The predicted octanol–water partition coefficient (Wildman–Crippen LogP) is -0.00120. The number of nitrogens with zero attached hydrogens (tertiary/aromatic N) is 3. The van der Waals surface area contributed by atoms with Crippen molar-refractivity contribution in [3.05, 3.63) is 23.8 Å². The Labute approximate surface area is 116 Å². The molecule has 2 N–H and O–H groups in total. The summed E-state index contributed by atoms with van der Waals surface area (Å²) in [5.41, 5.74) is -0.414. The van der Waals surface area contributed by atoms with Crippen molar-refractivity contribution in [2.75, 3.05) is 19.6 Å². The van der Waals surface area contributed by atoms with Gasteiger partial charge >= 0.3 is 5.97 Å². The molecule has 0 aliphatic carbocycles. The van der Waals surface area contributed by atoms with Gasteiger partial charge in [-0.05, 0) is 31.8 Å². The van der Waals surface area contributed by atoms with E-state index in [4.69, 9.17) is 5.11 Å². The van der Waals surface area contributed by atoms with Crippen LogP contribution in [0.5, 0.6) is 0 Å². The Morgan fingerprint density at radius 1 is 1.20 bits per heavy atom. The summed E-state index contributed by atoms with van der Waals surface area (Å²) in [6, 6.07) is 0.0775. The second-order valence-electron chi connectivity index (χ2n) is 5.28. The molecule has 1 aromatic rings. The zero-order valence-corrected chi connectivity index (χ0v) is 11.0. The molecule has 0 aromatic carbocycles. The third kappa shape index (κ3) is 2.36. The molecule has 3 saturated heterocycles. The highest BCUT2D eigenvalue weighted by Crippen LogP contribution is 2.27. The Hall–Kier alpha value is -2.02. The molecule has 1 unspecified atom stereocenters. The van der Waals surface area contributed by atoms with Gasteiger partial charge in [0.1, 0.15) is 0 Å². The smallest absolute Gasteiger partial charge is 0.356 e. The standard InChI is InChI=1S/C13H16N4O3/c18-12(10-11(13(19)20)15-4-3-14-10)16-9-7-17-5-1-8(9)2-6-17/h3-4,8-9H,1-2,5-7H2,(H,16,18)(H,19,20). The van der Waals surface area contributed by atoms with Gasteiger partial charge in [0.2, 0.25) is 0 Å². The zero-order valence-electron chi connectivity index (χ0n) is 11.0. The van der Waals surface area contributed by atoms with Crippen LogP contribution in [0.1, 0.15) is 33.8 Å². The zero-order chi connectivity index (χ0) is 14.1. The second-order valence-corrected chi connectivity index (χ2v) is 5.28. The van der Waals surface area contributed by atoms with Crippen molar-refractivity contribution in [1.29, 1.82) is 0 Å². The van der Waals surface area contributed by atoms with Crippen LogP contribution in [0.2, 0.25) is 0 Å². The normalized spacial score (nSPS) is 28.1. The maximum absolute atomic E-state index is 12.2. The topological polar surface area (TPSA) is 95.4 Å². The lowest BCUT2D eigenvalue weighted by Gasteiger charge is -2.44. The van der Waals surface area contributed by atoms with Crippen LogP contribution in [0.25, 0.3) is 0 Å². The molecule has 0 spiro atoms. The van der Waals surface area contributed by atoms with E-state index in [1.807, 2.05) is 0 Å². The summed E-state index contributed by atoms with van der Waals surface area (Å²) in [6.07, 6.45) is 4.76. The fourth-order valence-corrected chi connectivity index (χ4v) is 3.03. The molecule has 1 aromatic heterocycles. The minimum atomic E-state index is -1.24. The molecule has 20 heavy (non-hydrogen) atoms. The Bertz CT molecular complexity index is 540. The summed E-state index contributed by atoms with van der Waals surface area (Å²) in [6.45, 7) is 3.00. The van der Waals surface area contributed by atoms with E-state index >= 15 is 0 Å². The van der Waals surface area contributed by atoms with Crippen LogP contribution in [0.3, 0.4) is 0 Å². The first kappa shape index (κ1) is 13.0. The van der Waals surface area contributed by atoms with Gasteiger partial charge in [-0.15, -0.1) is 0 Å². The van der Waals surface area contributed by atoms with E-state index in [9.17, 15) is 9.59 Å². The van der Waals surface area contributed by atoms with Crippen LogP contribution in [-0.2, 0) is 0 Å². The Morgan fingerprint density at radius 2 is 1.85 bits per heavy atom. The van der Waals surface area contributed by atoms with Gasteiger partial charge in [0, 0.05) is 25.0 Å². The summed E-state index contributed by atoms with van der Waals surface area (Å²) in [5, 5.41) is 12.0. The van der Waals surface area contributed by atoms with Crippen molar-refractivity contribution in [1.82, 2.24) is 20.2 Å². The number of aromatic carboxylic acids is 1. The van der Waals surface area contributed by atoms with Crippen LogP contribution in [0.15, 0.2) is 12.4 Å². The molecule has 3 fully saturated rings. The van der Waals surface area contributed by atoms with Gasteiger partial charge in [-0.25, -0.2) is 14.8 Å². The number of nitrogens with one attached hydrogen (secondary N) is 1. The number of fused-ring (bicyclic) bond motifs is 3. The molecule has 7 heteroatoms. The van der Waals surface area contributed by atoms with Crippen LogP contribution in [0.4, 0.5) is 0 Å². The summed E-state index contributed by atoms with van der Waals surface area (Å²) < 4.78 is 0. The number of carbonyl (C=O) groups is 2. The fourth-order valence-electron chi connectivity index (χ4n) is 3.03. The molecule has 4 heterocycles. The van der Waals surface area contributed by atoms with Gasteiger partial charge in [0.25, 0.3) is 5.91 Å². The number of aromatic nitrogens is 2. The van der Waals surface area contributed by atoms with Crippen molar-refractivity contribution < 1.29 is 14.7 Å². The summed E-state index contributed by atoms with van der Waals surface area (Å²) in [4.78, 5) is 33.2. The number of hydrogen-bond acceptors (Lipinski definition) is 5. The van der Waals surface area contributed by atoms with Gasteiger partial charge in [0.05, 0.1) is 0 Å². The first-order chi connectivity index (χ1) is 9.65. The quantitative estimate of drug-likeness (QED) is 0.806. The minimum Gasteiger partial charge on any atom is -0.476 e. The molecule has 106 valence electrons. The van der Waals surface area contributed by atoms with E-state index < -0.39 is 11.9 Å². The van der Waals surface area contributed by atoms with E-state index in [0.717, 1.165) is 32.5 Å². The molecule has 2 bridgehead atoms. The van der Waals surface area contributed by atoms with E-state index in [1.54, 1.807) is 0 Å². The maximum atomic E-state index is 12.2. The van der Waals surface area contributed by atoms with Crippen molar-refractivity contribution in [2.24, 2.45) is 5.92 Å². The monoisotopic (exact) mass is 276 g/mol. The van der Waals surface area contributed by atoms with Gasteiger partial charge < -0.3 is 15.3 Å². The van der Waals surface area contributed by atoms with Crippen molar-refractivity contribution in [3.63, 3.8) is 0 Å². The molecule has 1 amide bonds. The Balaban J connectivity index is 1.75. The molecule has 0 radical (unpaired) electrons. The predicted molar refractivity (Wildman–Crippen MR) is 69.4 cm³/mol. The van der Waals surface area contributed by atoms with Crippen LogP contribution in [0, 0.1) is 5.92 Å². The number of rotatable bonds is 3. The number of hydrogen-bond donors (Lipinski definition) is 2. The maximum Gasteiger partial charge on any atom is 0.356 e.